The first-order chi connectivity index (χ1) is 4.34. The first kappa shape index (κ1) is 6.22. The third-order valence-corrected chi connectivity index (χ3v) is 1.14. The van der Waals surface area contributed by atoms with Gasteiger partial charge in [0.25, 0.3) is 0 Å². The Morgan fingerprint density at radius 3 is 3.11 bits per heavy atom. The zero-order valence-electron chi connectivity index (χ0n) is 4.95. The molecule has 0 aromatic carbocycles. The number of urea groups is 1. The molecule has 0 spiro atoms. The Labute approximate surface area is 52.8 Å². The molecule has 0 aromatic heterocycles. The predicted octanol–water partition coefficient (Wildman–Crippen LogP) is -0.515. The number of amides is 2. The van der Waals surface area contributed by atoms with Gasteiger partial charge in [0.15, 0.2) is 0 Å². The summed E-state index contributed by atoms with van der Waals surface area (Å²) in [7, 11) is 0. The Morgan fingerprint density at radius 1 is 1.89 bits per heavy atom. The third-order valence-electron chi connectivity index (χ3n) is 1.14. The fourth-order valence-electron chi connectivity index (χ4n) is 0.685. The highest BCUT2D eigenvalue weighted by Crippen LogP contribution is 1.96. The minimum Gasteiger partial charge on any atom is -0.395 e. The average Bonchev–Trinajstić information content (AvgIpc) is 2.18. The van der Waals surface area contributed by atoms with E-state index >= 15 is 0 Å². The second kappa shape index (κ2) is 2.59. The fraction of sp³-hybridized carbons (Fsp3) is 0.600. The van der Waals surface area contributed by atoms with Crippen LogP contribution in [-0.4, -0.2) is 41.9 Å². The van der Waals surface area contributed by atoms with Gasteiger partial charge in [0.1, 0.15) is 0 Å². The summed E-state index contributed by atoms with van der Waals surface area (Å²) in [5.74, 6) is 0. The fourth-order valence-corrected chi connectivity index (χ4v) is 0.685. The van der Waals surface area contributed by atoms with Gasteiger partial charge >= 0.3 is 6.03 Å². The number of hydrogen-bond donors (Lipinski definition) is 1. The van der Waals surface area contributed by atoms with E-state index in [4.69, 9.17) is 5.11 Å². The predicted molar refractivity (Wildman–Crippen MR) is 32.5 cm³/mol. The van der Waals surface area contributed by atoms with Gasteiger partial charge < -0.3 is 10.0 Å². The molecular formula is C5H8N2O2. The normalized spacial score (nSPS) is 17.4. The Bertz CT molecular complexity index is 144. The molecule has 0 aliphatic carbocycles. The first-order valence-electron chi connectivity index (χ1n) is 2.77. The molecule has 1 heterocycles. The highest BCUT2D eigenvalue weighted by atomic mass is 16.3. The third kappa shape index (κ3) is 1.26. The summed E-state index contributed by atoms with van der Waals surface area (Å²) in [6.07, 6.45) is 1.54. The van der Waals surface area contributed by atoms with Crippen molar-refractivity contribution in [2.45, 2.75) is 0 Å². The van der Waals surface area contributed by atoms with Gasteiger partial charge in [0, 0.05) is 12.8 Å². The largest absolute Gasteiger partial charge is 0.395 e. The highest BCUT2D eigenvalue weighted by Gasteiger charge is 2.13. The van der Waals surface area contributed by atoms with Crippen molar-refractivity contribution in [2.24, 2.45) is 4.99 Å². The number of carbonyl (C=O) groups is 1. The monoisotopic (exact) mass is 128 g/mol. The smallest absolute Gasteiger partial charge is 0.343 e. The SMILES string of the molecule is O=C1N=CCN1CCO. The lowest BCUT2D eigenvalue weighted by atomic mass is 10.5. The van der Waals surface area contributed by atoms with Crippen LogP contribution < -0.4 is 0 Å². The molecule has 0 fully saturated rings. The average molecular weight is 128 g/mol. The van der Waals surface area contributed by atoms with E-state index in [0.717, 1.165) is 0 Å². The van der Waals surface area contributed by atoms with E-state index in [9.17, 15) is 4.79 Å². The number of nitrogens with zero attached hydrogens (tertiary/aromatic N) is 2. The standard InChI is InChI=1S/C5H8N2O2/c8-4-3-7-2-1-6-5(7)9/h1,8H,2-4H2. The maximum absolute atomic E-state index is 10.6. The van der Waals surface area contributed by atoms with Crippen molar-refractivity contribution in [3.8, 4) is 0 Å². The zero-order chi connectivity index (χ0) is 6.69. The van der Waals surface area contributed by atoms with Crippen molar-refractivity contribution in [1.82, 2.24) is 4.90 Å². The van der Waals surface area contributed by atoms with Gasteiger partial charge in [-0.1, -0.05) is 0 Å². The molecular weight excluding hydrogens is 120 g/mol. The van der Waals surface area contributed by atoms with Crippen LogP contribution in [0.5, 0.6) is 0 Å². The van der Waals surface area contributed by atoms with Crippen molar-refractivity contribution in [1.29, 1.82) is 0 Å². The van der Waals surface area contributed by atoms with Crippen LogP contribution >= 0.6 is 0 Å². The molecule has 1 aliphatic heterocycles. The van der Waals surface area contributed by atoms with E-state index < -0.39 is 0 Å². The molecule has 4 heteroatoms. The number of aliphatic hydroxyl groups excluding tert-OH is 1. The van der Waals surface area contributed by atoms with Crippen LogP contribution in [0.2, 0.25) is 0 Å². The summed E-state index contributed by atoms with van der Waals surface area (Å²) in [6.45, 7) is 0.938. The molecule has 1 N–H and O–H groups in total. The lowest BCUT2D eigenvalue weighted by Gasteiger charge is -2.10. The Balaban J connectivity index is 2.37. The number of rotatable bonds is 2. The van der Waals surface area contributed by atoms with Crippen LogP contribution in [0.25, 0.3) is 0 Å². The van der Waals surface area contributed by atoms with Crippen LogP contribution in [-0.2, 0) is 0 Å². The minimum atomic E-state index is -0.246. The number of aliphatic hydroxyl groups is 1. The van der Waals surface area contributed by atoms with E-state index in [2.05, 4.69) is 4.99 Å². The summed E-state index contributed by atoms with van der Waals surface area (Å²) in [5, 5.41) is 8.40. The Hall–Kier alpha value is -0.900. The van der Waals surface area contributed by atoms with Crippen molar-refractivity contribution in [2.75, 3.05) is 19.7 Å². The van der Waals surface area contributed by atoms with Crippen molar-refractivity contribution >= 4 is 12.2 Å². The minimum absolute atomic E-state index is 0.00903. The number of β-amino-alcohol motifs (C(OH)–C–C–N with tert-alkyl or cyclic N) is 1. The van der Waals surface area contributed by atoms with E-state index in [1.54, 1.807) is 0 Å². The lowest BCUT2D eigenvalue weighted by molar-refractivity contribution is 0.199. The van der Waals surface area contributed by atoms with Gasteiger partial charge in [-0.05, 0) is 0 Å². The molecule has 9 heavy (non-hydrogen) atoms. The van der Waals surface area contributed by atoms with Crippen LogP contribution in [0.3, 0.4) is 0 Å². The molecule has 0 unspecified atom stereocenters. The summed E-state index contributed by atoms with van der Waals surface area (Å²) < 4.78 is 0. The molecule has 1 aliphatic rings. The summed E-state index contributed by atoms with van der Waals surface area (Å²) in [4.78, 5) is 15.5. The molecule has 0 saturated heterocycles. The van der Waals surface area contributed by atoms with Crippen LogP contribution in [0.15, 0.2) is 4.99 Å². The maximum Gasteiger partial charge on any atom is 0.343 e. The molecule has 2 amide bonds. The van der Waals surface area contributed by atoms with E-state index in [-0.39, 0.29) is 12.6 Å². The van der Waals surface area contributed by atoms with Crippen LogP contribution in [0.1, 0.15) is 0 Å². The zero-order valence-corrected chi connectivity index (χ0v) is 4.95. The van der Waals surface area contributed by atoms with Gasteiger partial charge in [-0.15, -0.1) is 0 Å². The van der Waals surface area contributed by atoms with Crippen molar-refractivity contribution in [3.63, 3.8) is 0 Å². The van der Waals surface area contributed by atoms with Gasteiger partial charge in [-0.25, -0.2) is 9.79 Å². The second-order valence-electron chi connectivity index (χ2n) is 1.76. The molecule has 0 saturated carbocycles. The van der Waals surface area contributed by atoms with E-state index in [0.29, 0.717) is 13.1 Å². The molecule has 50 valence electrons. The quantitative estimate of drug-likeness (QED) is 0.544. The van der Waals surface area contributed by atoms with Crippen LogP contribution in [0, 0.1) is 0 Å². The van der Waals surface area contributed by atoms with Gasteiger partial charge in [0.05, 0.1) is 13.2 Å². The highest BCUT2D eigenvalue weighted by molar-refractivity contribution is 5.90. The molecule has 0 radical (unpaired) electrons. The second-order valence-corrected chi connectivity index (χ2v) is 1.76. The Kier molecular flexibility index (Phi) is 1.79. The van der Waals surface area contributed by atoms with Gasteiger partial charge in [0.2, 0.25) is 0 Å². The van der Waals surface area contributed by atoms with Crippen molar-refractivity contribution in [3.05, 3.63) is 0 Å². The van der Waals surface area contributed by atoms with Gasteiger partial charge in [-0.2, -0.15) is 0 Å². The lowest BCUT2D eigenvalue weighted by Crippen LogP contribution is -2.27. The number of aliphatic imine (C=N–C) groups is 1. The maximum atomic E-state index is 10.6. The number of carbonyl (C=O) groups excluding carboxylic acids is 1. The van der Waals surface area contributed by atoms with E-state index in [1.165, 1.54) is 11.1 Å². The number of hydrogen-bond acceptors (Lipinski definition) is 2. The molecule has 0 atom stereocenters. The van der Waals surface area contributed by atoms with Crippen molar-refractivity contribution < 1.29 is 9.90 Å². The topological polar surface area (TPSA) is 52.9 Å². The van der Waals surface area contributed by atoms with Gasteiger partial charge in [-0.3, -0.25) is 0 Å². The summed E-state index contributed by atoms with van der Waals surface area (Å²) in [5.41, 5.74) is 0. The molecule has 1 rings (SSSR count). The molecule has 4 nitrogen and oxygen atoms in total. The van der Waals surface area contributed by atoms with E-state index in [1.807, 2.05) is 0 Å². The van der Waals surface area contributed by atoms with Crippen LogP contribution in [0.4, 0.5) is 4.79 Å². The summed E-state index contributed by atoms with van der Waals surface area (Å²) >= 11 is 0. The Morgan fingerprint density at radius 2 is 2.67 bits per heavy atom. The summed E-state index contributed by atoms with van der Waals surface area (Å²) in [6, 6.07) is -0.246. The molecule has 0 aromatic rings. The first-order valence-corrected chi connectivity index (χ1v) is 2.77. The molecule has 0 bridgehead atoms.